The molecule has 5 heteroatoms. The Morgan fingerprint density at radius 2 is 2.16 bits per heavy atom. The summed E-state index contributed by atoms with van der Waals surface area (Å²) in [5.41, 5.74) is 8.47. The summed E-state index contributed by atoms with van der Waals surface area (Å²) < 4.78 is 4.67. The highest BCUT2D eigenvalue weighted by atomic mass is 16.5. The zero-order valence-electron chi connectivity index (χ0n) is 10.8. The Labute approximate surface area is 111 Å². The molecule has 3 N–H and O–H groups in total. The van der Waals surface area contributed by atoms with Crippen molar-refractivity contribution in [2.24, 2.45) is 0 Å². The molecule has 0 fully saturated rings. The first kappa shape index (κ1) is 12.9. The van der Waals surface area contributed by atoms with E-state index in [1.165, 1.54) is 19.4 Å². The number of methoxy groups -OCH3 is 1. The zero-order chi connectivity index (χ0) is 13.8. The average molecular weight is 257 g/mol. The smallest absolute Gasteiger partial charge is 0.340 e. The highest BCUT2D eigenvalue weighted by Gasteiger charge is 2.13. The fourth-order valence-corrected chi connectivity index (χ4v) is 1.72. The number of carbonyl (C=O) groups is 1. The Bertz CT molecular complexity index is 611. The maximum atomic E-state index is 11.5. The number of hydrogen-bond acceptors (Lipinski definition) is 5. The molecule has 1 aromatic carbocycles. The molecule has 0 aliphatic heterocycles. The highest BCUT2D eigenvalue weighted by molar-refractivity contribution is 5.97. The molecule has 0 spiro atoms. The lowest BCUT2D eigenvalue weighted by atomic mass is 10.2. The molecule has 0 unspecified atom stereocenters. The van der Waals surface area contributed by atoms with Gasteiger partial charge in [0.1, 0.15) is 0 Å². The number of aryl methyl sites for hydroxylation is 1. The molecule has 2 rings (SSSR count). The minimum Gasteiger partial charge on any atom is -0.465 e. The number of benzene rings is 1. The number of hydrogen-bond donors (Lipinski definition) is 2. The molecule has 2 aromatic rings. The van der Waals surface area contributed by atoms with E-state index >= 15 is 0 Å². The average Bonchev–Trinajstić information content (AvgIpc) is 2.40. The van der Waals surface area contributed by atoms with E-state index in [-0.39, 0.29) is 5.69 Å². The Morgan fingerprint density at radius 3 is 2.84 bits per heavy atom. The number of nitrogens with two attached hydrogens (primary N) is 1. The highest BCUT2D eigenvalue weighted by Crippen LogP contribution is 2.24. The maximum absolute atomic E-state index is 11.5. The Kier molecular flexibility index (Phi) is 3.66. The van der Waals surface area contributed by atoms with Crippen molar-refractivity contribution < 1.29 is 9.53 Å². The number of aromatic nitrogens is 1. The summed E-state index contributed by atoms with van der Waals surface area (Å²) in [7, 11) is 1.32. The van der Waals surface area contributed by atoms with Gasteiger partial charge >= 0.3 is 5.97 Å². The molecule has 0 amide bonds. The summed E-state index contributed by atoms with van der Waals surface area (Å²) in [6, 6.07) is 9.32. The predicted octanol–water partition coefficient (Wildman–Crippen LogP) is 2.50. The molecular formula is C14H15N3O2. The van der Waals surface area contributed by atoms with Crippen LogP contribution in [0.5, 0.6) is 0 Å². The van der Waals surface area contributed by atoms with E-state index in [4.69, 9.17) is 5.73 Å². The van der Waals surface area contributed by atoms with E-state index < -0.39 is 5.97 Å². The number of carbonyl (C=O) groups excluding carboxylic acids is 1. The van der Waals surface area contributed by atoms with Gasteiger partial charge in [0, 0.05) is 11.9 Å². The number of rotatable bonds is 3. The summed E-state index contributed by atoms with van der Waals surface area (Å²) in [4.78, 5) is 15.7. The molecular weight excluding hydrogens is 242 g/mol. The van der Waals surface area contributed by atoms with Gasteiger partial charge in [-0.25, -0.2) is 9.78 Å². The number of pyridine rings is 1. The summed E-state index contributed by atoms with van der Waals surface area (Å²) in [6.07, 6.45) is 1.51. The standard InChI is InChI=1S/C14H15N3O2/c1-9-4-3-5-10(8-9)17-13-12(15)11(6-7-16-13)14(18)19-2/h3-8H,15H2,1-2H3,(H,16,17). The summed E-state index contributed by atoms with van der Waals surface area (Å²) in [6.45, 7) is 1.99. The monoisotopic (exact) mass is 257 g/mol. The van der Waals surface area contributed by atoms with E-state index in [0.717, 1.165) is 11.3 Å². The van der Waals surface area contributed by atoms with Gasteiger partial charge in [0.05, 0.1) is 18.4 Å². The minimum atomic E-state index is -0.479. The summed E-state index contributed by atoms with van der Waals surface area (Å²) in [5.74, 6) is -0.0410. The van der Waals surface area contributed by atoms with Crippen LogP contribution in [-0.2, 0) is 4.74 Å². The first-order valence-electron chi connectivity index (χ1n) is 5.78. The van der Waals surface area contributed by atoms with E-state index in [1.807, 2.05) is 31.2 Å². The number of nitrogen functional groups attached to an aromatic ring is 1. The molecule has 0 aliphatic rings. The Morgan fingerprint density at radius 1 is 1.37 bits per heavy atom. The topological polar surface area (TPSA) is 77.2 Å². The number of anilines is 3. The van der Waals surface area contributed by atoms with Gasteiger partial charge in [-0.2, -0.15) is 0 Å². The van der Waals surface area contributed by atoms with Gasteiger partial charge in [0.2, 0.25) is 0 Å². The molecule has 0 atom stereocenters. The fraction of sp³-hybridized carbons (Fsp3) is 0.143. The number of esters is 1. The SMILES string of the molecule is COC(=O)c1ccnc(Nc2cccc(C)c2)c1N. The zero-order valence-corrected chi connectivity index (χ0v) is 10.8. The van der Waals surface area contributed by atoms with Gasteiger partial charge in [-0.3, -0.25) is 0 Å². The molecule has 5 nitrogen and oxygen atoms in total. The third-order valence-corrected chi connectivity index (χ3v) is 2.68. The molecule has 1 aromatic heterocycles. The third-order valence-electron chi connectivity index (χ3n) is 2.68. The van der Waals surface area contributed by atoms with E-state index in [0.29, 0.717) is 11.4 Å². The van der Waals surface area contributed by atoms with Crippen molar-refractivity contribution in [3.63, 3.8) is 0 Å². The van der Waals surface area contributed by atoms with Crippen LogP contribution in [0.1, 0.15) is 15.9 Å². The number of ether oxygens (including phenoxy) is 1. The lowest BCUT2D eigenvalue weighted by Gasteiger charge is -2.11. The lowest BCUT2D eigenvalue weighted by molar-refractivity contribution is 0.0602. The van der Waals surface area contributed by atoms with Crippen LogP contribution >= 0.6 is 0 Å². The van der Waals surface area contributed by atoms with Crippen LogP contribution in [0.4, 0.5) is 17.2 Å². The molecule has 0 radical (unpaired) electrons. The normalized spacial score (nSPS) is 10.0. The van der Waals surface area contributed by atoms with Gasteiger partial charge in [-0.05, 0) is 30.7 Å². The van der Waals surface area contributed by atoms with Crippen LogP contribution in [0, 0.1) is 6.92 Å². The second kappa shape index (κ2) is 5.39. The van der Waals surface area contributed by atoms with Crippen LogP contribution in [0.3, 0.4) is 0 Å². The Balaban J connectivity index is 2.33. The van der Waals surface area contributed by atoms with Crippen LogP contribution in [0.25, 0.3) is 0 Å². The van der Waals surface area contributed by atoms with Crippen LogP contribution < -0.4 is 11.1 Å². The molecule has 0 saturated heterocycles. The maximum Gasteiger partial charge on any atom is 0.340 e. The minimum absolute atomic E-state index is 0.274. The van der Waals surface area contributed by atoms with Crippen LogP contribution in [0.15, 0.2) is 36.5 Å². The molecule has 19 heavy (non-hydrogen) atoms. The largest absolute Gasteiger partial charge is 0.465 e. The first-order valence-corrected chi connectivity index (χ1v) is 5.78. The van der Waals surface area contributed by atoms with Gasteiger partial charge < -0.3 is 15.8 Å². The summed E-state index contributed by atoms with van der Waals surface area (Å²) in [5, 5.41) is 3.09. The summed E-state index contributed by atoms with van der Waals surface area (Å²) >= 11 is 0. The van der Waals surface area contributed by atoms with Crippen molar-refractivity contribution >= 4 is 23.2 Å². The van der Waals surface area contributed by atoms with Crippen LogP contribution in [0.2, 0.25) is 0 Å². The van der Waals surface area contributed by atoms with Crippen molar-refractivity contribution in [2.75, 3.05) is 18.2 Å². The van der Waals surface area contributed by atoms with Crippen molar-refractivity contribution in [3.05, 3.63) is 47.7 Å². The fourth-order valence-electron chi connectivity index (χ4n) is 1.72. The van der Waals surface area contributed by atoms with Gasteiger partial charge in [0.15, 0.2) is 5.82 Å². The molecule has 1 heterocycles. The van der Waals surface area contributed by atoms with Gasteiger partial charge in [0.25, 0.3) is 0 Å². The van der Waals surface area contributed by atoms with E-state index in [9.17, 15) is 4.79 Å². The quantitative estimate of drug-likeness (QED) is 0.826. The Hall–Kier alpha value is -2.56. The van der Waals surface area contributed by atoms with Crippen molar-refractivity contribution in [3.8, 4) is 0 Å². The number of nitrogens with one attached hydrogen (secondary N) is 1. The van der Waals surface area contributed by atoms with E-state index in [1.54, 1.807) is 0 Å². The molecule has 0 aliphatic carbocycles. The number of nitrogens with zero attached hydrogens (tertiary/aromatic N) is 1. The molecule has 0 bridgehead atoms. The third kappa shape index (κ3) is 2.82. The molecule has 0 saturated carbocycles. The van der Waals surface area contributed by atoms with Gasteiger partial charge in [-0.1, -0.05) is 12.1 Å². The van der Waals surface area contributed by atoms with Crippen molar-refractivity contribution in [1.82, 2.24) is 4.98 Å². The van der Waals surface area contributed by atoms with E-state index in [2.05, 4.69) is 15.0 Å². The van der Waals surface area contributed by atoms with Gasteiger partial charge in [-0.15, -0.1) is 0 Å². The van der Waals surface area contributed by atoms with Crippen molar-refractivity contribution in [1.29, 1.82) is 0 Å². The molecule has 98 valence electrons. The van der Waals surface area contributed by atoms with Crippen LogP contribution in [-0.4, -0.2) is 18.1 Å². The second-order valence-electron chi connectivity index (χ2n) is 4.11. The predicted molar refractivity (Wildman–Crippen MR) is 74.5 cm³/mol. The first-order chi connectivity index (χ1) is 9.11. The second-order valence-corrected chi connectivity index (χ2v) is 4.11. The van der Waals surface area contributed by atoms with Crippen molar-refractivity contribution in [2.45, 2.75) is 6.92 Å². The lowest BCUT2D eigenvalue weighted by Crippen LogP contribution is -2.09.